The van der Waals surface area contributed by atoms with Crippen LogP contribution in [0.5, 0.6) is 0 Å². The fourth-order valence-corrected chi connectivity index (χ4v) is 8.63. The minimum absolute atomic E-state index is 0.0734. The molecule has 0 amide bonds. The molecule has 4 aliphatic carbocycles. The summed E-state index contributed by atoms with van der Waals surface area (Å²) in [5.41, 5.74) is 0.559. The third-order valence-electron chi connectivity index (χ3n) is 10.3. The lowest BCUT2D eigenvalue weighted by Crippen LogP contribution is -2.61. The van der Waals surface area contributed by atoms with Crippen molar-refractivity contribution in [2.75, 3.05) is 26.2 Å². The molecular formula is C23H40N2O2. The summed E-state index contributed by atoms with van der Waals surface area (Å²) in [5.74, 6) is 3.04. The van der Waals surface area contributed by atoms with Gasteiger partial charge in [-0.15, -0.1) is 0 Å². The Morgan fingerprint density at radius 3 is 2.41 bits per heavy atom. The summed E-state index contributed by atoms with van der Waals surface area (Å²) in [6.07, 6.45) is 9.39. The maximum atomic E-state index is 11.0. The van der Waals surface area contributed by atoms with E-state index in [0.717, 1.165) is 56.8 Å². The minimum atomic E-state index is -0.139. The monoisotopic (exact) mass is 376 g/mol. The van der Waals surface area contributed by atoms with E-state index in [2.05, 4.69) is 24.1 Å². The van der Waals surface area contributed by atoms with Gasteiger partial charge < -0.3 is 15.5 Å². The highest BCUT2D eigenvalue weighted by atomic mass is 16.3. The molecule has 4 nitrogen and oxygen atoms in total. The Hall–Kier alpha value is -0.160. The molecule has 4 heteroatoms. The molecule has 5 rings (SSSR count). The fraction of sp³-hybridized carbons (Fsp3) is 1.00. The number of nitrogens with one attached hydrogen (secondary N) is 1. The molecule has 9 atom stereocenters. The van der Waals surface area contributed by atoms with E-state index in [9.17, 15) is 10.2 Å². The molecular weight excluding hydrogens is 336 g/mol. The Morgan fingerprint density at radius 1 is 0.889 bits per heavy atom. The Morgan fingerprint density at radius 2 is 1.63 bits per heavy atom. The van der Waals surface area contributed by atoms with Crippen LogP contribution in [0.15, 0.2) is 0 Å². The average Bonchev–Trinajstić information content (AvgIpc) is 2.97. The van der Waals surface area contributed by atoms with Crippen molar-refractivity contribution in [3.05, 3.63) is 0 Å². The lowest BCUT2D eigenvalue weighted by atomic mass is 9.44. The van der Waals surface area contributed by atoms with E-state index in [1.807, 2.05) is 0 Å². The summed E-state index contributed by atoms with van der Waals surface area (Å²) in [5, 5.41) is 25.1. The summed E-state index contributed by atoms with van der Waals surface area (Å²) < 4.78 is 0. The van der Waals surface area contributed by atoms with E-state index >= 15 is 0 Å². The van der Waals surface area contributed by atoms with Crippen molar-refractivity contribution in [1.82, 2.24) is 10.2 Å². The summed E-state index contributed by atoms with van der Waals surface area (Å²) in [6.45, 7) is 9.27. The highest BCUT2D eigenvalue weighted by Gasteiger charge is 2.61. The van der Waals surface area contributed by atoms with Gasteiger partial charge in [-0.1, -0.05) is 13.8 Å². The third-order valence-corrected chi connectivity index (χ3v) is 10.3. The molecule has 27 heavy (non-hydrogen) atoms. The number of aliphatic hydroxyl groups excluding tert-OH is 2. The molecule has 0 unspecified atom stereocenters. The summed E-state index contributed by atoms with van der Waals surface area (Å²) >= 11 is 0. The van der Waals surface area contributed by atoms with E-state index in [0.29, 0.717) is 17.4 Å². The number of nitrogens with zero attached hydrogens (tertiary/aromatic N) is 1. The van der Waals surface area contributed by atoms with Crippen molar-refractivity contribution in [3.63, 3.8) is 0 Å². The van der Waals surface area contributed by atoms with Gasteiger partial charge in [-0.2, -0.15) is 0 Å². The van der Waals surface area contributed by atoms with Gasteiger partial charge in [-0.3, -0.25) is 4.90 Å². The lowest BCUT2D eigenvalue weighted by molar-refractivity contribution is -0.153. The van der Waals surface area contributed by atoms with Crippen molar-refractivity contribution in [1.29, 1.82) is 0 Å². The lowest BCUT2D eigenvalue weighted by Gasteiger charge is -2.62. The Bertz CT molecular complexity index is 565. The van der Waals surface area contributed by atoms with E-state index < -0.39 is 0 Å². The Balaban J connectivity index is 1.40. The van der Waals surface area contributed by atoms with Crippen molar-refractivity contribution in [2.45, 2.75) is 83.5 Å². The maximum Gasteiger partial charge on any atom is 0.0698 e. The number of rotatable bonds is 1. The minimum Gasteiger partial charge on any atom is -0.393 e. The molecule has 154 valence electrons. The SMILES string of the molecule is C[C@]12C[C@H](N3CCNCC3)[C@@H](O)C[C@@H]1CC[C@@H]1[C@@H]2CC[C@]2(C)[C@@H](O)CC[C@@H]12. The van der Waals surface area contributed by atoms with E-state index in [1.165, 1.54) is 38.5 Å². The normalized spacial score (nSPS) is 56.2. The quantitative estimate of drug-likeness (QED) is 0.659. The zero-order valence-electron chi connectivity index (χ0n) is 17.4. The largest absolute Gasteiger partial charge is 0.393 e. The molecule has 1 heterocycles. The van der Waals surface area contributed by atoms with Gasteiger partial charge in [0.1, 0.15) is 0 Å². The van der Waals surface area contributed by atoms with Gasteiger partial charge in [0.05, 0.1) is 12.2 Å². The number of piperazine rings is 1. The first-order chi connectivity index (χ1) is 12.9. The van der Waals surface area contributed by atoms with Crippen LogP contribution in [0.1, 0.15) is 65.2 Å². The van der Waals surface area contributed by atoms with Gasteiger partial charge in [0.25, 0.3) is 0 Å². The van der Waals surface area contributed by atoms with E-state index in [-0.39, 0.29) is 17.6 Å². The number of aliphatic hydroxyl groups is 2. The zero-order valence-corrected chi connectivity index (χ0v) is 17.4. The molecule has 5 fully saturated rings. The number of hydrogen-bond acceptors (Lipinski definition) is 4. The Kier molecular flexibility index (Phi) is 4.66. The van der Waals surface area contributed by atoms with Crippen molar-refractivity contribution < 1.29 is 10.2 Å². The van der Waals surface area contributed by atoms with Crippen LogP contribution in [0.25, 0.3) is 0 Å². The van der Waals surface area contributed by atoms with Crippen LogP contribution in [-0.2, 0) is 0 Å². The van der Waals surface area contributed by atoms with Crippen LogP contribution in [0.3, 0.4) is 0 Å². The van der Waals surface area contributed by atoms with E-state index in [1.54, 1.807) is 0 Å². The second-order valence-corrected chi connectivity index (χ2v) is 11.2. The molecule has 4 saturated carbocycles. The van der Waals surface area contributed by atoms with Crippen LogP contribution >= 0.6 is 0 Å². The second kappa shape index (κ2) is 6.68. The summed E-state index contributed by atoms with van der Waals surface area (Å²) in [4.78, 5) is 2.58. The first kappa shape index (κ1) is 18.8. The van der Waals surface area contributed by atoms with Crippen molar-refractivity contribution >= 4 is 0 Å². The average molecular weight is 377 g/mol. The van der Waals surface area contributed by atoms with Gasteiger partial charge in [-0.25, -0.2) is 0 Å². The van der Waals surface area contributed by atoms with Crippen LogP contribution in [0.4, 0.5) is 0 Å². The number of fused-ring (bicyclic) bond motifs is 5. The van der Waals surface area contributed by atoms with Gasteiger partial charge in [0.2, 0.25) is 0 Å². The van der Waals surface area contributed by atoms with Gasteiger partial charge in [0.15, 0.2) is 0 Å². The Labute approximate surface area is 165 Å². The van der Waals surface area contributed by atoms with E-state index in [4.69, 9.17) is 0 Å². The predicted octanol–water partition coefficient (Wildman–Crippen LogP) is 2.63. The van der Waals surface area contributed by atoms with Crippen LogP contribution < -0.4 is 5.32 Å². The highest BCUT2D eigenvalue weighted by molar-refractivity contribution is 5.11. The summed E-state index contributed by atoms with van der Waals surface area (Å²) in [6, 6.07) is 0.356. The molecule has 0 bridgehead atoms. The topological polar surface area (TPSA) is 55.7 Å². The fourth-order valence-electron chi connectivity index (χ4n) is 8.63. The maximum absolute atomic E-state index is 11.0. The highest BCUT2D eigenvalue weighted by Crippen LogP contribution is 2.66. The van der Waals surface area contributed by atoms with Crippen LogP contribution in [0.2, 0.25) is 0 Å². The molecule has 0 aromatic rings. The van der Waals surface area contributed by atoms with Gasteiger partial charge >= 0.3 is 0 Å². The molecule has 0 aromatic carbocycles. The molecule has 5 aliphatic rings. The molecule has 0 radical (unpaired) electrons. The molecule has 3 N–H and O–H groups in total. The zero-order chi connectivity index (χ0) is 18.8. The summed E-state index contributed by atoms with van der Waals surface area (Å²) in [7, 11) is 0. The van der Waals surface area contributed by atoms with Crippen molar-refractivity contribution in [3.8, 4) is 0 Å². The van der Waals surface area contributed by atoms with Crippen molar-refractivity contribution in [2.24, 2.45) is 34.5 Å². The third kappa shape index (κ3) is 2.77. The smallest absolute Gasteiger partial charge is 0.0698 e. The van der Waals surface area contributed by atoms with Gasteiger partial charge in [0, 0.05) is 32.2 Å². The molecule has 0 spiro atoms. The molecule has 1 aliphatic heterocycles. The van der Waals surface area contributed by atoms with Crippen LogP contribution in [-0.4, -0.2) is 59.5 Å². The van der Waals surface area contributed by atoms with Crippen LogP contribution in [0, 0.1) is 34.5 Å². The van der Waals surface area contributed by atoms with Gasteiger partial charge in [-0.05, 0) is 85.9 Å². The molecule has 0 aromatic heterocycles. The second-order valence-electron chi connectivity index (χ2n) is 11.2. The number of hydrogen-bond donors (Lipinski definition) is 3. The standard InChI is InChI=1S/C23H40N2O2/c1-22-8-7-18-16(17(22)5-6-21(22)27)4-3-15-13-20(26)19(14-23(15,18)2)25-11-9-24-10-12-25/h15-21,24,26-27H,3-14H2,1-2H3/t15-,16-,17-,18-,19-,20-,21-,22-,23-/m0/s1. The first-order valence-electron chi connectivity index (χ1n) is 11.7. The first-order valence-corrected chi connectivity index (χ1v) is 11.7. The predicted molar refractivity (Wildman–Crippen MR) is 107 cm³/mol. The molecule has 1 saturated heterocycles.